The van der Waals surface area contributed by atoms with E-state index in [4.69, 9.17) is 0 Å². The van der Waals surface area contributed by atoms with Gasteiger partial charge in [0.05, 0.1) is 0 Å². The molecule has 1 N–H and O–H groups in total. The lowest BCUT2D eigenvalue weighted by Crippen LogP contribution is -2.04. The molecule has 1 atom stereocenters. The van der Waals surface area contributed by atoms with Gasteiger partial charge in [-0.15, -0.1) is 0 Å². The second-order valence-corrected chi connectivity index (χ2v) is 4.61. The molecule has 1 unspecified atom stereocenters. The molecular formula is C17H14N2O. The summed E-state index contributed by atoms with van der Waals surface area (Å²) < 4.78 is 0. The van der Waals surface area contributed by atoms with E-state index in [0.717, 1.165) is 11.1 Å². The molecule has 1 heterocycles. The van der Waals surface area contributed by atoms with E-state index in [9.17, 15) is 5.11 Å². The number of hydrogen-bond acceptors (Lipinski definition) is 3. The number of phenols is 1. The molecule has 0 saturated carbocycles. The molecule has 3 heteroatoms. The average molecular weight is 262 g/mol. The first-order valence-corrected chi connectivity index (χ1v) is 6.43. The van der Waals surface area contributed by atoms with Crippen LogP contribution in [0.1, 0.15) is 22.6 Å². The van der Waals surface area contributed by atoms with Gasteiger partial charge < -0.3 is 5.11 Å². The quantitative estimate of drug-likeness (QED) is 0.787. The zero-order valence-electron chi connectivity index (χ0n) is 10.8. The number of hydrogen-bond donors (Lipinski definition) is 1. The summed E-state index contributed by atoms with van der Waals surface area (Å²) in [5.41, 5.74) is 3.31. The third kappa shape index (κ3) is 2.52. The molecule has 1 aromatic heterocycles. The molecule has 3 nitrogen and oxygen atoms in total. The molecule has 0 saturated heterocycles. The average Bonchev–Trinajstić information content (AvgIpc) is 2.52. The van der Waals surface area contributed by atoms with Crippen LogP contribution in [0.15, 0.2) is 73.3 Å². The molecular weight excluding hydrogens is 248 g/mol. The highest BCUT2D eigenvalue weighted by Crippen LogP contribution is 2.31. The Morgan fingerprint density at radius 1 is 0.700 bits per heavy atom. The van der Waals surface area contributed by atoms with Crippen molar-refractivity contribution in [2.75, 3.05) is 0 Å². The second-order valence-electron chi connectivity index (χ2n) is 4.61. The molecule has 0 spiro atoms. The second kappa shape index (κ2) is 5.53. The molecule has 2 aromatic carbocycles. The zero-order chi connectivity index (χ0) is 13.8. The van der Waals surface area contributed by atoms with Crippen LogP contribution in [-0.4, -0.2) is 15.1 Å². The van der Waals surface area contributed by atoms with Crippen LogP contribution in [0.5, 0.6) is 5.75 Å². The maximum atomic E-state index is 9.45. The van der Waals surface area contributed by atoms with Gasteiger partial charge in [0.2, 0.25) is 0 Å². The summed E-state index contributed by atoms with van der Waals surface area (Å²) in [6, 6.07) is 17.5. The summed E-state index contributed by atoms with van der Waals surface area (Å²) in [5, 5.41) is 9.45. The van der Waals surface area contributed by atoms with E-state index < -0.39 is 0 Å². The molecule has 0 amide bonds. The van der Waals surface area contributed by atoms with Crippen molar-refractivity contribution in [1.82, 2.24) is 9.97 Å². The molecule has 0 fully saturated rings. The van der Waals surface area contributed by atoms with E-state index in [2.05, 4.69) is 22.1 Å². The monoisotopic (exact) mass is 262 g/mol. The maximum Gasteiger partial charge on any atom is 0.115 e. The topological polar surface area (TPSA) is 46.0 Å². The van der Waals surface area contributed by atoms with Crippen molar-refractivity contribution in [3.63, 3.8) is 0 Å². The number of nitrogens with zero attached hydrogens (tertiary/aromatic N) is 2. The predicted octanol–water partition coefficient (Wildman–Crippen LogP) is 3.36. The van der Waals surface area contributed by atoms with Crippen molar-refractivity contribution in [2.45, 2.75) is 5.92 Å². The fraction of sp³-hybridized carbons (Fsp3) is 0.0588. The smallest absolute Gasteiger partial charge is 0.115 e. The largest absolute Gasteiger partial charge is 0.508 e. The van der Waals surface area contributed by atoms with Crippen molar-refractivity contribution in [3.05, 3.63) is 90.0 Å². The SMILES string of the molecule is Oc1ccc(C(c2ccccc2)c2cncnc2)cc1. The lowest BCUT2D eigenvalue weighted by atomic mass is 9.86. The van der Waals surface area contributed by atoms with Crippen LogP contribution in [-0.2, 0) is 0 Å². The van der Waals surface area contributed by atoms with Gasteiger partial charge in [-0.1, -0.05) is 42.5 Å². The van der Waals surface area contributed by atoms with E-state index in [-0.39, 0.29) is 11.7 Å². The molecule has 0 radical (unpaired) electrons. The van der Waals surface area contributed by atoms with Crippen molar-refractivity contribution in [3.8, 4) is 5.75 Å². The van der Waals surface area contributed by atoms with Gasteiger partial charge in [-0.25, -0.2) is 9.97 Å². The molecule has 0 bridgehead atoms. The maximum absolute atomic E-state index is 9.45. The molecule has 3 rings (SSSR count). The lowest BCUT2D eigenvalue weighted by Gasteiger charge is -2.18. The van der Waals surface area contributed by atoms with E-state index in [1.807, 2.05) is 42.7 Å². The standard InChI is InChI=1S/C17H14N2O/c20-16-8-6-14(7-9-16)17(13-4-2-1-3-5-13)15-10-18-12-19-11-15/h1-12,17,20H. The van der Waals surface area contributed by atoms with Crippen LogP contribution in [0.25, 0.3) is 0 Å². The number of aromatic nitrogens is 2. The van der Waals surface area contributed by atoms with Crippen molar-refractivity contribution < 1.29 is 5.11 Å². The van der Waals surface area contributed by atoms with Gasteiger partial charge in [-0.3, -0.25) is 0 Å². The minimum atomic E-state index is 0.0676. The van der Waals surface area contributed by atoms with Crippen molar-refractivity contribution >= 4 is 0 Å². The zero-order valence-corrected chi connectivity index (χ0v) is 10.8. The third-order valence-electron chi connectivity index (χ3n) is 3.27. The number of phenolic OH excluding ortho intramolecular Hbond substituents is 1. The van der Waals surface area contributed by atoms with Crippen LogP contribution in [0.3, 0.4) is 0 Å². The molecule has 98 valence electrons. The summed E-state index contributed by atoms with van der Waals surface area (Å²) in [6.45, 7) is 0. The number of aromatic hydroxyl groups is 1. The van der Waals surface area contributed by atoms with Crippen LogP contribution in [0.4, 0.5) is 0 Å². The highest BCUT2D eigenvalue weighted by Gasteiger charge is 2.16. The Balaban J connectivity index is 2.11. The molecule has 0 aliphatic heterocycles. The molecule has 0 aliphatic rings. The highest BCUT2D eigenvalue weighted by atomic mass is 16.3. The highest BCUT2D eigenvalue weighted by molar-refractivity contribution is 5.42. The predicted molar refractivity (Wildman–Crippen MR) is 77.5 cm³/mol. The fourth-order valence-electron chi connectivity index (χ4n) is 2.35. The first-order chi connectivity index (χ1) is 9.84. The minimum Gasteiger partial charge on any atom is -0.508 e. The molecule has 0 aliphatic carbocycles. The summed E-state index contributed by atoms with van der Waals surface area (Å²) in [7, 11) is 0. The molecule has 3 aromatic rings. The Hall–Kier alpha value is -2.68. The Kier molecular flexibility index (Phi) is 3.42. The summed E-state index contributed by atoms with van der Waals surface area (Å²) in [6.07, 6.45) is 5.19. The first-order valence-electron chi connectivity index (χ1n) is 6.43. The van der Waals surface area contributed by atoms with E-state index in [0.29, 0.717) is 0 Å². The van der Waals surface area contributed by atoms with Gasteiger partial charge >= 0.3 is 0 Å². The van der Waals surface area contributed by atoms with E-state index in [1.54, 1.807) is 12.1 Å². The summed E-state index contributed by atoms with van der Waals surface area (Å²) in [4.78, 5) is 8.23. The van der Waals surface area contributed by atoms with Crippen LogP contribution in [0, 0.1) is 0 Å². The Morgan fingerprint density at radius 3 is 1.95 bits per heavy atom. The van der Waals surface area contributed by atoms with Gasteiger partial charge in [-0.05, 0) is 23.3 Å². The fourth-order valence-corrected chi connectivity index (χ4v) is 2.35. The van der Waals surface area contributed by atoms with Gasteiger partial charge in [0.25, 0.3) is 0 Å². The number of rotatable bonds is 3. The Labute approximate surface area is 117 Å². The van der Waals surface area contributed by atoms with Gasteiger partial charge in [-0.2, -0.15) is 0 Å². The first kappa shape index (κ1) is 12.4. The van der Waals surface area contributed by atoms with Crippen LogP contribution < -0.4 is 0 Å². The van der Waals surface area contributed by atoms with E-state index >= 15 is 0 Å². The van der Waals surface area contributed by atoms with Gasteiger partial charge in [0.1, 0.15) is 12.1 Å². The van der Waals surface area contributed by atoms with Crippen LogP contribution in [0.2, 0.25) is 0 Å². The number of benzene rings is 2. The lowest BCUT2D eigenvalue weighted by molar-refractivity contribution is 0.475. The Morgan fingerprint density at radius 2 is 1.30 bits per heavy atom. The summed E-state index contributed by atoms with van der Waals surface area (Å²) >= 11 is 0. The summed E-state index contributed by atoms with van der Waals surface area (Å²) in [5.74, 6) is 0.336. The van der Waals surface area contributed by atoms with Gasteiger partial charge in [0, 0.05) is 23.9 Å². The van der Waals surface area contributed by atoms with Gasteiger partial charge in [0.15, 0.2) is 0 Å². The van der Waals surface area contributed by atoms with Crippen molar-refractivity contribution in [2.24, 2.45) is 0 Å². The van der Waals surface area contributed by atoms with E-state index in [1.165, 1.54) is 11.9 Å². The third-order valence-corrected chi connectivity index (χ3v) is 3.27. The van der Waals surface area contributed by atoms with Crippen molar-refractivity contribution in [1.29, 1.82) is 0 Å². The Bertz CT molecular complexity index is 627. The molecule has 20 heavy (non-hydrogen) atoms. The van der Waals surface area contributed by atoms with Crippen LogP contribution >= 0.6 is 0 Å². The normalized spacial score (nSPS) is 12.0. The minimum absolute atomic E-state index is 0.0676.